The van der Waals surface area contributed by atoms with Crippen LogP contribution in [0.2, 0.25) is 0 Å². The molecular weight excluding hydrogens is 258 g/mol. The summed E-state index contributed by atoms with van der Waals surface area (Å²) in [5, 5.41) is 4.64. The highest BCUT2D eigenvalue weighted by Crippen LogP contribution is 2.29. The Bertz CT molecular complexity index is 386. The van der Waals surface area contributed by atoms with Crippen LogP contribution in [0.25, 0.3) is 0 Å². The smallest absolute Gasteiger partial charge is 0.185 e. The van der Waals surface area contributed by atoms with Gasteiger partial charge in [0.15, 0.2) is 5.13 Å². The number of ether oxygens (including phenoxy) is 1. The maximum atomic E-state index is 5.77. The molecule has 1 aromatic heterocycles. The molecule has 19 heavy (non-hydrogen) atoms. The van der Waals surface area contributed by atoms with E-state index in [9.17, 15) is 0 Å². The number of hydrogen-bond donors (Lipinski definition) is 1. The highest BCUT2D eigenvalue weighted by Gasteiger charge is 2.24. The van der Waals surface area contributed by atoms with Gasteiger partial charge in [0, 0.05) is 30.2 Å². The van der Waals surface area contributed by atoms with Gasteiger partial charge in [-0.3, -0.25) is 0 Å². The van der Waals surface area contributed by atoms with Gasteiger partial charge in [0.25, 0.3) is 0 Å². The third-order valence-electron chi connectivity index (χ3n) is 3.33. The number of morpholine rings is 1. The summed E-state index contributed by atoms with van der Waals surface area (Å²) >= 11 is 1.80. The van der Waals surface area contributed by atoms with E-state index in [-0.39, 0.29) is 12.2 Å². The third-order valence-corrected chi connectivity index (χ3v) is 4.57. The number of thiazole rings is 1. The lowest BCUT2D eigenvalue weighted by Crippen LogP contribution is -2.45. The second-order valence-corrected chi connectivity index (χ2v) is 6.42. The number of hydrogen-bond acceptors (Lipinski definition) is 5. The fraction of sp³-hybridized carbons (Fsp3) is 0.786. The lowest BCUT2D eigenvalue weighted by Gasteiger charge is -2.35. The molecule has 1 saturated heterocycles. The van der Waals surface area contributed by atoms with Crippen molar-refractivity contribution in [1.82, 2.24) is 10.3 Å². The molecule has 0 saturated carbocycles. The summed E-state index contributed by atoms with van der Waals surface area (Å²) in [5.41, 5.74) is 0. The van der Waals surface area contributed by atoms with E-state index >= 15 is 0 Å². The van der Waals surface area contributed by atoms with Crippen molar-refractivity contribution in [3.05, 3.63) is 11.1 Å². The number of nitrogens with one attached hydrogen (secondary N) is 1. The first kappa shape index (κ1) is 14.8. The van der Waals surface area contributed by atoms with Gasteiger partial charge in [0.1, 0.15) is 0 Å². The van der Waals surface area contributed by atoms with Gasteiger partial charge in [-0.15, -0.1) is 11.3 Å². The van der Waals surface area contributed by atoms with Crippen LogP contribution in [0.1, 0.15) is 45.0 Å². The van der Waals surface area contributed by atoms with Gasteiger partial charge >= 0.3 is 0 Å². The zero-order valence-electron chi connectivity index (χ0n) is 12.3. The molecule has 0 aromatic carbocycles. The van der Waals surface area contributed by atoms with Crippen LogP contribution in [0.5, 0.6) is 0 Å². The van der Waals surface area contributed by atoms with Gasteiger partial charge in [-0.1, -0.05) is 6.92 Å². The minimum absolute atomic E-state index is 0.284. The van der Waals surface area contributed by atoms with E-state index in [1.54, 1.807) is 11.3 Å². The Morgan fingerprint density at radius 3 is 2.79 bits per heavy atom. The van der Waals surface area contributed by atoms with E-state index in [1.807, 2.05) is 6.20 Å². The lowest BCUT2D eigenvalue weighted by atomic mass is 10.2. The average Bonchev–Trinajstić information content (AvgIpc) is 2.84. The SMILES string of the molecule is CCCNC(C)c1cnc(N2C[C@@H](C)O[C@@H](C)C2)s1. The molecule has 5 heteroatoms. The van der Waals surface area contributed by atoms with Crippen LogP contribution in [0.3, 0.4) is 0 Å². The first-order valence-electron chi connectivity index (χ1n) is 7.19. The summed E-state index contributed by atoms with van der Waals surface area (Å²) in [6, 6.07) is 0.391. The van der Waals surface area contributed by atoms with Crippen molar-refractivity contribution in [1.29, 1.82) is 0 Å². The molecule has 3 atom stereocenters. The Labute approximate surface area is 120 Å². The first-order chi connectivity index (χ1) is 9.10. The molecule has 1 unspecified atom stereocenters. The summed E-state index contributed by atoms with van der Waals surface area (Å²) < 4.78 is 5.77. The summed E-state index contributed by atoms with van der Waals surface area (Å²) in [5.74, 6) is 0. The molecule has 2 heterocycles. The molecule has 108 valence electrons. The Morgan fingerprint density at radius 1 is 1.47 bits per heavy atom. The van der Waals surface area contributed by atoms with E-state index in [0.29, 0.717) is 6.04 Å². The predicted molar refractivity (Wildman–Crippen MR) is 81.0 cm³/mol. The van der Waals surface area contributed by atoms with Crippen LogP contribution in [-0.4, -0.2) is 36.8 Å². The molecule has 0 spiro atoms. The zero-order chi connectivity index (χ0) is 13.8. The normalized spacial score (nSPS) is 25.6. The van der Waals surface area contributed by atoms with Crippen molar-refractivity contribution in [2.75, 3.05) is 24.5 Å². The Kier molecular flexibility index (Phi) is 5.19. The molecule has 2 rings (SSSR count). The first-order valence-corrected chi connectivity index (χ1v) is 8.01. The Hall–Kier alpha value is -0.650. The number of aromatic nitrogens is 1. The van der Waals surface area contributed by atoms with E-state index < -0.39 is 0 Å². The third kappa shape index (κ3) is 3.91. The molecule has 1 aliphatic rings. The molecule has 1 aliphatic heterocycles. The average molecular weight is 283 g/mol. The van der Waals surface area contributed by atoms with Gasteiger partial charge in [0.05, 0.1) is 12.2 Å². The largest absolute Gasteiger partial charge is 0.372 e. The molecule has 1 N–H and O–H groups in total. The number of anilines is 1. The highest BCUT2D eigenvalue weighted by molar-refractivity contribution is 7.15. The lowest BCUT2D eigenvalue weighted by molar-refractivity contribution is -0.00522. The highest BCUT2D eigenvalue weighted by atomic mass is 32.1. The van der Waals surface area contributed by atoms with Gasteiger partial charge in [-0.2, -0.15) is 0 Å². The summed E-state index contributed by atoms with van der Waals surface area (Å²) in [7, 11) is 0. The van der Waals surface area contributed by atoms with E-state index in [4.69, 9.17) is 4.74 Å². The summed E-state index contributed by atoms with van der Waals surface area (Å²) in [4.78, 5) is 8.25. The Balaban J connectivity index is 1.99. The van der Waals surface area contributed by atoms with Crippen molar-refractivity contribution in [2.45, 2.75) is 52.4 Å². The second kappa shape index (κ2) is 6.68. The van der Waals surface area contributed by atoms with Crippen LogP contribution in [0.15, 0.2) is 6.20 Å². The zero-order valence-corrected chi connectivity index (χ0v) is 13.2. The monoisotopic (exact) mass is 283 g/mol. The van der Waals surface area contributed by atoms with Crippen molar-refractivity contribution in [3.8, 4) is 0 Å². The maximum Gasteiger partial charge on any atom is 0.185 e. The maximum absolute atomic E-state index is 5.77. The van der Waals surface area contributed by atoms with E-state index in [1.165, 1.54) is 4.88 Å². The minimum Gasteiger partial charge on any atom is -0.372 e. The standard InChI is InChI=1S/C14H25N3OS/c1-5-6-15-12(4)13-7-16-14(19-13)17-8-10(2)18-11(3)9-17/h7,10-12,15H,5-6,8-9H2,1-4H3/t10-,11+,12?. The van der Waals surface area contributed by atoms with E-state index in [2.05, 4.69) is 42.9 Å². The summed E-state index contributed by atoms with van der Waals surface area (Å²) in [6.45, 7) is 11.6. The summed E-state index contributed by atoms with van der Waals surface area (Å²) in [6.07, 6.45) is 3.74. The predicted octanol–water partition coefficient (Wildman–Crippen LogP) is 2.82. The van der Waals surface area contributed by atoms with Crippen LogP contribution in [0, 0.1) is 0 Å². The van der Waals surface area contributed by atoms with Crippen LogP contribution in [-0.2, 0) is 4.74 Å². The molecular formula is C14H25N3OS. The Morgan fingerprint density at radius 2 is 2.16 bits per heavy atom. The molecule has 0 bridgehead atoms. The van der Waals surface area contributed by atoms with Crippen molar-refractivity contribution in [2.24, 2.45) is 0 Å². The molecule has 1 fully saturated rings. The van der Waals surface area contributed by atoms with Crippen LogP contribution in [0.4, 0.5) is 5.13 Å². The number of nitrogens with zero attached hydrogens (tertiary/aromatic N) is 2. The minimum atomic E-state index is 0.284. The van der Waals surface area contributed by atoms with Gasteiger partial charge in [-0.25, -0.2) is 4.98 Å². The molecule has 4 nitrogen and oxygen atoms in total. The second-order valence-electron chi connectivity index (χ2n) is 5.38. The molecule has 0 radical (unpaired) electrons. The van der Waals surface area contributed by atoms with Crippen molar-refractivity contribution in [3.63, 3.8) is 0 Å². The topological polar surface area (TPSA) is 37.4 Å². The molecule has 0 amide bonds. The van der Waals surface area contributed by atoms with E-state index in [0.717, 1.165) is 31.2 Å². The number of rotatable bonds is 5. The van der Waals surface area contributed by atoms with Crippen LogP contribution < -0.4 is 10.2 Å². The fourth-order valence-electron chi connectivity index (χ4n) is 2.42. The van der Waals surface area contributed by atoms with Crippen molar-refractivity contribution >= 4 is 16.5 Å². The fourth-order valence-corrected chi connectivity index (χ4v) is 3.38. The van der Waals surface area contributed by atoms with Gasteiger partial charge in [-0.05, 0) is 33.7 Å². The molecule has 0 aliphatic carbocycles. The quantitative estimate of drug-likeness (QED) is 0.901. The molecule has 1 aromatic rings. The van der Waals surface area contributed by atoms with Crippen molar-refractivity contribution < 1.29 is 4.74 Å². The van der Waals surface area contributed by atoms with Crippen LogP contribution >= 0.6 is 11.3 Å². The van der Waals surface area contributed by atoms with Gasteiger partial charge < -0.3 is 15.0 Å². The van der Waals surface area contributed by atoms with Gasteiger partial charge in [0.2, 0.25) is 0 Å².